The second-order valence-corrected chi connectivity index (χ2v) is 5.24. The second kappa shape index (κ2) is 6.88. The number of carbonyl (C=O) groups is 1. The number of hydrogen-bond acceptors (Lipinski definition) is 5. The highest BCUT2D eigenvalue weighted by Gasteiger charge is 2.11. The summed E-state index contributed by atoms with van der Waals surface area (Å²) in [6, 6.07) is 10.8. The number of carbonyl (C=O) groups excluding carboxylic acids is 1. The van der Waals surface area contributed by atoms with Crippen molar-refractivity contribution in [2.24, 2.45) is 0 Å². The molecule has 0 fully saturated rings. The highest BCUT2D eigenvalue weighted by Crippen LogP contribution is 2.14. The van der Waals surface area contributed by atoms with E-state index in [-0.39, 0.29) is 24.0 Å². The lowest BCUT2D eigenvalue weighted by molar-refractivity contribution is 0.0944. The fourth-order valence-corrected chi connectivity index (χ4v) is 2.16. The van der Waals surface area contributed by atoms with E-state index in [1.165, 1.54) is 18.2 Å². The topological polar surface area (TPSA) is 107 Å². The van der Waals surface area contributed by atoms with E-state index in [1.54, 1.807) is 25.1 Å². The first kappa shape index (κ1) is 16.3. The Kier molecular flexibility index (Phi) is 4.48. The smallest absolute Gasteiger partial charge is 0.270 e. The number of H-pyrrole nitrogens is 1. The molecule has 0 aliphatic carbocycles. The van der Waals surface area contributed by atoms with Crippen molar-refractivity contribution in [1.29, 1.82) is 5.26 Å². The lowest BCUT2D eigenvalue weighted by Crippen LogP contribution is -2.24. The van der Waals surface area contributed by atoms with Gasteiger partial charge in [0.05, 0.1) is 17.8 Å². The zero-order valence-electron chi connectivity index (χ0n) is 13.2. The van der Waals surface area contributed by atoms with Gasteiger partial charge in [0.15, 0.2) is 5.82 Å². The van der Waals surface area contributed by atoms with E-state index in [4.69, 9.17) is 5.26 Å². The van der Waals surface area contributed by atoms with Crippen LogP contribution in [0, 0.1) is 24.1 Å². The van der Waals surface area contributed by atoms with Crippen molar-refractivity contribution in [2.45, 2.75) is 13.5 Å². The minimum Gasteiger partial charge on any atom is -0.343 e. The minimum atomic E-state index is -0.382. The molecule has 0 saturated carbocycles. The number of nitriles is 1. The van der Waals surface area contributed by atoms with E-state index in [0.29, 0.717) is 28.5 Å². The fourth-order valence-electron chi connectivity index (χ4n) is 2.16. The zero-order valence-corrected chi connectivity index (χ0v) is 13.2. The molecule has 0 aliphatic rings. The van der Waals surface area contributed by atoms with Crippen LogP contribution in [0.15, 0.2) is 36.4 Å². The summed E-state index contributed by atoms with van der Waals surface area (Å²) in [5, 5.41) is 18.3. The number of halogens is 1. The molecule has 0 unspecified atom stereocenters. The van der Waals surface area contributed by atoms with Crippen molar-refractivity contribution >= 4 is 5.91 Å². The quantitative estimate of drug-likeness (QED) is 0.759. The minimum absolute atomic E-state index is 0.133. The van der Waals surface area contributed by atoms with Gasteiger partial charge < -0.3 is 5.32 Å². The van der Waals surface area contributed by atoms with E-state index in [0.717, 1.165) is 0 Å². The summed E-state index contributed by atoms with van der Waals surface area (Å²) < 4.78 is 12.9. The van der Waals surface area contributed by atoms with Gasteiger partial charge in [0, 0.05) is 5.56 Å². The first-order chi connectivity index (χ1) is 12.1. The second-order valence-electron chi connectivity index (χ2n) is 5.24. The van der Waals surface area contributed by atoms with Crippen LogP contribution in [0.2, 0.25) is 0 Å². The van der Waals surface area contributed by atoms with Crippen LogP contribution in [0.1, 0.15) is 27.6 Å². The standard InChI is InChI=1S/C17H13FN6O/c1-10-12(8-19)4-7-14(21-10)17(25)20-9-15-22-16(24-23-15)11-2-5-13(18)6-3-11/h2-7H,9H2,1H3,(H,20,25)(H,22,23,24). The van der Waals surface area contributed by atoms with Gasteiger partial charge in [0.25, 0.3) is 5.91 Å². The Hall–Kier alpha value is -3.60. The third-order valence-corrected chi connectivity index (χ3v) is 3.49. The number of nitrogens with one attached hydrogen (secondary N) is 2. The average molecular weight is 336 g/mol. The molecule has 7 nitrogen and oxygen atoms in total. The Morgan fingerprint density at radius 2 is 2.00 bits per heavy atom. The van der Waals surface area contributed by atoms with Gasteiger partial charge >= 0.3 is 0 Å². The highest BCUT2D eigenvalue weighted by atomic mass is 19.1. The third-order valence-electron chi connectivity index (χ3n) is 3.49. The number of amides is 1. The van der Waals surface area contributed by atoms with Crippen LogP contribution in [0.3, 0.4) is 0 Å². The van der Waals surface area contributed by atoms with Crippen LogP contribution < -0.4 is 5.32 Å². The van der Waals surface area contributed by atoms with Crippen molar-refractivity contribution < 1.29 is 9.18 Å². The maximum absolute atomic E-state index is 12.9. The molecule has 3 aromatic rings. The lowest BCUT2D eigenvalue weighted by atomic mass is 10.2. The Balaban J connectivity index is 1.66. The summed E-state index contributed by atoms with van der Waals surface area (Å²) in [5.41, 5.74) is 1.80. The number of nitrogens with zero attached hydrogens (tertiary/aromatic N) is 4. The summed E-state index contributed by atoms with van der Waals surface area (Å²) in [7, 11) is 0. The van der Waals surface area contributed by atoms with E-state index in [1.807, 2.05) is 6.07 Å². The van der Waals surface area contributed by atoms with Gasteiger partial charge in [-0.15, -0.1) is 0 Å². The van der Waals surface area contributed by atoms with Gasteiger partial charge in [-0.1, -0.05) is 0 Å². The van der Waals surface area contributed by atoms with Gasteiger partial charge in [-0.2, -0.15) is 10.4 Å². The molecule has 25 heavy (non-hydrogen) atoms. The van der Waals surface area contributed by atoms with Crippen LogP contribution in [0.4, 0.5) is 4.39 Å². The summed E-state index contributed by atoms with van der Waals surface area (Å²) >= 11 is 0. The number of aromatic nitrogens is 4. The molecule has 1 amide bonds. The van der Waals surface area contributed by atoms with Gasteiger partial charge in [0.2, 0.25) is 0 Å². The summed E-state index contributed by atoms with van der Waals surface area (Å²) in [4.78, 5) is 20.5. The van der Waals surface area contributed by atoms with Gasteiger partial charge in [-0.25, -0.2) is 14.4 Å². The van der Waals surface area contributed by atoms with Gasteiger partial charge in [-0.05, 0) is 43.3 Å². The van der Waals surface area contributed by atoms with E-state index >= 15 is 0 Å². The Morgan fingerprint density at radius 1 is 1.24 bits per heavy atom. The zero-order chi connectivity index (χ0) is 17.8. The molecule has 2 N–H and O–H groups in total. The lowest BCUT2D eigenvalue weighted by Gasteiger charge is -2.04. The molecule has 0 spiro atoms. The number of hydrogen-bond donors (Lipinski definition) is 2. The maximum atomic E-state index is 12.9. The van der Waals surface area contributed by atoms with Crippen molar-refractivity contribution in [3.05, 3.63) is 65.0 Å². The van der Waals surface area contributed by atoms with Gasteiger partial charge in [0.1, 0.15) is 23.4 Å². The Morgan fingerprint density at radius 3 is 2.68 bits per heavy atom. The fraction of sp³-hybridized carbons (Fsp3) is 0.118. The molecule has 1 aromatic carbocycles. The number of benzene rings is 1. The molecule has 2 heterocycles. The van der Waals surface area contributed by atoms with E-state index < -0.39 is 0 Å². The number of pyridine rings is 1. The first-order valence-electron chi connectivity index (χ1n) is 7.40. The maximum Gasteiger partial charge on any atom is 0.270 e. The van der Waals surface area contributed by atoms with Crippen LogP contribution >= 0.6 is 0 Å². The highest BCUT2D eigenvalue weighted by molar-refractivity contribution is 5.92. The number of aromatic amines is 1. The molecule has 0 atom stereocenters. The van der Waals surface area contributed by atoms with Crippen molar-refractivity contribution in [1.82, 2.24) is 25.5 Å². The van der Waals surface area contributed by atoms with Crippen LogP contribution in [0.5, 0.6) is 0 Å². The molecule has 8 heteroatoms. The van der Waals surface area contributed by atoms with Crippen LogP contribution in [-0.2, 0) is 6.54 Å². The van der Waals surface area contributed by atoms with Crippen molar-refractivity contribution in [2.75, 3.05) is 0 Å². The molecule has 0 saturated heterocycles. The molecule has 0 radical (unpaired) electrons. The summed E-state index contributed by atoms with van der Waals surface area (Å²) in [5.74, 6) is 0.152. The SMILES string of the molecule is Cc1nc(C(=O)NCc2nc(-c3ccc(F)cc3)n[nH]2)ccc1C#N. The van der Waals surface area contributed by atoms with E-state index in [9.17, 15) is 9.18 Å². The number of aryl methyl sites for hydroxylation is 1. The number of rotatable bonds is 4. The molecule has 2 aromatic heterocycles. The summed E-state index contributed by atoms with van der Waals surface area (Å²) in [6.07, 6.45) is 0. The molecular formula is C17H13FN6O. The predicted molar refractivity (Wildman–Crippen MR) is 86.6 cm³/mol. The predicted octanol–water partition coefficient (Wildman–Crippen LogP) is 2.12. The molecule has 124 valence electrons. The van der Waals surface area contributed by atoms with Crippen LogP contribution in [-0.4, -0.2) is 26.1 Å². The third kappa shape index (κ3) is 3.67. The van der Waals surface area contributed by atoms with Crippen molar-refractivity contribution in [3.63, 3.8) is 0 Å². The monoisotopic (exact) mass is 336 g/mol. The van der Waals surface area contributed by atoms with E-state index in [2.05, 4.69) is 25.5 Å². The normalized spacial score (nSPS) is 10.3. The molecule has 0 aliphatic heterocycles. The van der Waals surface area contributed by atoms with Gasteiger partial charge in [-0.3, -0.25) is 9.89 Å². The summed E-state index contributed by atoms with van der Waals surface area (Å²) in [6.45, 7) is 1.80. The molecular weight excluding hydrogens is 323 g/mol. The largest absolute Gasteiger partial charge is 0.343 e. The Bertz CT molecular complexity index is 958. The molecule has 0 bridgehead atoms. The average Bonchev–Trinajstić information content (AvgIpc) is 3.09. The van der Waals surface area contributed by atoms with Crippen molar-refractivity contribution in [3.8, 4) is 17.5 Å². The first-order valence-corrected chi connectivity index (χ1v) is 7.40. The molecule has 3 rings (SSSR count). The van der Waals surface area contributed by atoms with Crippen LogP contribution in [0.25, 0.3) is 11.4 Å². The Labute approximate surface area is 142 Å².